The second kappa shape index (κ2) is 7.68. The maximum atomic E-state index is 12.4. The monoisotopic (exact) mass is 418 g/mol. The predicted octanol–water partition coefficient (Wildman–Crippen LogP) is 2.98. The average Bonchev–Trinajstić information content (AvgIpc) is 2.95. The van der Waals surface area contributed by atoms with Gasteiger partial charge in [0.2, 0.25) is 10.0 Å². The van der Waals surface area contributed by atoms with Crippen molar-refractivity contribution >= 4 is 21.6 Å². The molecule has 0 saturated carbocycles. The second-order valence-corrected chi connectivity index (χ2v) is 10.0. The summed E-state index contributed by atoms with van der Waals surface area (Å²) in [5.74, 6) is 0.798. The van der Waals surface area contributed by atoms with Crippen LogP contribution in [0.5, 0.6) is 11.5 Å². The molecule has 156 valence electrons. The number of hydrogen-bond donors (Lipinski definition) is 1. The molecule has 1 aliphatic heterocycles. The fourth-order valence-electron chi connectivity index (χ4n) is 3.14. The summed E-state index contributed by atoms with van der Waals surface area (Å²) in [6.07, 6.45) is 0.776. The van der Waals surface area contributed by atoms with Gasteiger partial charge < -0.3 is 14.8 Å². The van der Waals surface area contributed by atoms with Crippen LogP contribution >= 0.6 is 0 Å². The Morgan fingerprint density at radius 2 is 1.97 bits per heavy atom. The maximum absolute atomic E-state index is 12.4. The Labute approximate surface area is 171 Å². The number of anilines is 1. The number of carbonyl (C=O) groups is 1. The standard InChI is InChI=1S/C21H26N2O5S/c1-14-9-10-16(29(25,26)23(4)5)11-17(14)22-19(24)13-27-18-8-6-7-15-12-21(2,3)28-20(15)18/h6-11H,12-13H2,1-5H3,(H,22,24). The van der Waals surface area contributed by atoms with Crippen molar-refractivity contribution in [1.82, 2.24) is 4.31 Å². The van der Waals surface area contributed by atoms with Gasteiger partial charge in [0.25, 0.3) is 5.91 Å². The Bertz CT molecular complexity index is 1050. The Hall–Kier alpha value is -2.58. The summed E-state index contributed by atoms with van der Waals surface area (Å²) in [6, 6.07) is 10.3. The van der Waals surface area contributed by atoms with Gasteiger partial charge in [-0.15, -0.1) is 0 Å². The zero-order chi connectivity index (χ0) is 21.4. The summed E-state index contributed by atoms with van der Waals surface area (Å²) < 4.78 is 37.4. The highest BCUT2D eigenvalue weighted by Gasteiger charge is 2.32. The van der Waals surface area contributed by atoms with Crippen molar-refractivity contribution in [2.45, 2.75) is 37.7 Å². The van der Waals surface area contributed by atoms with E-state index in [2.05, 4.69) is 5.32 Å². The summed E-state index contributed by atoms with van der Waals surface area (Å²) in [6.45, 7) is 5.58. The number of hydrogen-bond acceptors (Lipinski definition) is 5. The number of rotatable bonds is 6. The van der Waals surface area contributed by atoms with E-state index in [-0.39, 0.29) is 23.0 Å². The highest BCUT2D eigenvalue weighted by atomic mass is 32.2. The van der Waals surface area contributed by atoms with Gasteiger partial charge in [-0.1, -0.05) is 18.2 Å². The van der Waals surface area contributed by atoms with E-state index >= 15 is 0 Å². The molecular weight excluding hydrogens is 392 g/mol. The smallest absolute Gasteiger partial charge is 0.262 e. The van der Waals surface area contributed by atoms with E-state index in [1.165, 1.54) is 26.2 Å². The number of aryl methyl sites for hydroxylation is 1. The maximum Gasteiger partial charge on any atom is 0.262 e. The first kappa shape index (κ1) is 21.1. The molecule has 1 N–H and O–H groups in total. The molecule has 2 aromatic rings. The molecule has 0 unspecified atom stereocenters. The van der Waals surface area contributed by atoms with Crippen LogP contribution in [0.1, 0.15) is 25.0 Å². The number of nitrogens with one attached hydrogen (secondary N) is 1. The van der Waals surface area contributed by atoms with E-state index in [4.69, 9.17) is 9.47 Å². The van der Waals surface area contributed by atoms with Gasteiger partial charge in [0, 0.05) is 31.8 Å². The molecule has 8 heteroatoms. The van der Waals surface area contributed by atoms with Crippen LogP contribution in [0.15, 0.2) is 41.3 Å². The average molecular weight is 419 g/mol. The number of amides is 1. The fourth-order valence-corrected chi connectivity index (χ4v) is 4.07. The van der Waals surface area contributed by atoms with E-state index < -0.39 is 10.0 Å². The number of carbonyl (C=O) groups excluding carboxylic acids is 1. The molecule has 0 aliphatic carbocycles. The van der Waals surface area contributed by atoms with Crippen LogP contribution in [0.2, 0.25) is 0 Å². The van der Waals surface area contributed by atoms with Crippen LogP contribution in [0, 0.1) is 6.92 Å². The van der Waals surface area contributed by atoms with Crippen molar-refractivity contribution in [2.75, 3.05) is 26.0 Å². The Morgan fingerprint density at radius 1 is 1.24 bits per heavy atom. The number of ether oxygens (including phenoxy) is 2. The molecular formula is C21H26N2O5S. The molecule has 0 aromatic heterocycles. The SMILES string of the molecule is Cc1ccc(S(=O)(=O)N(C)C)cc1NC(=O)COc1cccc2c1OC(C)(C)C2. The third-order valence-corrected chi connectivity index (χ3v) is 6.49. The molecule has 7 nitrogen and oxygen atoms in total. The van der Waals surface area contributed by atoms with Gasteiger partial charge in [0.05, 0.1) is 4.90 Å². The topological polar surface area (TPSA) is 84.9 Å². The quantitative estimate of drug-likeness (QED) is 0.780. The van der Waals surface area contributed by atoms with E-state index in [1.807, 2.05) is 26.0 Å². The molecule has 1 aliphatic rings. The Kier molecular flexibility index (Phi) is 5.60. The third kappa shape index (κ3) is 4.54. The van der Waals surface area contributed by atoms with Crippen LogP contribution in [-0.2, 0) is 21.2 Å². The van der Waals surface area contributed by atoms with Crippen molar-refractivity contribution in [3.63, 3.8) is 0 Å². The van der Waals surface area contributed by atoms with Crippen LogP contribution in [0.25, 0.3) is 0 Å². The Balaban J connectivity index is 1.71. The summed E-state index contributed by atoms with van der Waals surface area (Å²) in [5, 5.41) is 2.73. The predicted molar refractivity (Wildman–Crippen MR) is 111 cm³/mol. The molecule has 1 heterocycles. The van der Waals surface area contributed by atoms with E-state index in [0.717, 1.165) is 21.9 Å². The minimum atomic E-state index is -3.59. The molecule has 0 spiro atoms. The van der Waals surface area contributed by atoms with Crippen LogP contribution in [0.3, 0.4) is 0 Å². The summed E-state index contributed by atoms with van der Waals surface area (Å²) in [4.78, 5) is 12.5. The van der Waals surface area contributed by atoms with Crippen LogP contribution < -0.4 is 14.8 Å². The lowest BCUT2D eigenvalue weighted by Gasteiger charge is -2.18. The van der Waals surface area contributed by atoms with Crippen LogP contribution in [0.4, 0.5) is 5.69 Å². The summed E-state index contributed by atoms with van der Waals surface area (Å²) >= 11 is 0. The molecule has 2 aromatic carbocycles. The molecule has 0 bridgehead atoms. The molecule has 0 atom stereocenters. The fraction of sp³-hybridized carbons (Fsp3) is 0.381. The molecule has 29 heavy (non-hydrogen) atoms. The first-order chi connectivity index (χ1) is 13.5. The van der Waals surface area contributed by atoms with E-state index in [9.17, 15) is 13.2 Å². The zero-order valence-corrected chi connectivity index (χ0v) is 18.1. The number of nitrogens with zero attached hydrogens (tertiary/aromatic N) is 1. The van der Waals surface area contributed by atoms with Crippen molar-refractivity contribution in [2.24, 2.45) is 0 Å². The normalized spacial score (nSPS) is 15.0. The highest BCUT2D eigenvalue weighted by molar-refractivity contribution is 7.89. The van der Waals surface area contributed by atoms with Crippen molar-refractivity contribution in [3.05, 3.63) is 47.5 Å². The van der Waals surface area contributed by atoms with Crippen molar-refractivity contribution in [3.8, 4) is 11.5 Å². The second-order valence-electron chi connectivity index (χ2n) is 7.88. The minimum absolute atomic E-state index is 0.112. The number of para-hydroxylation sites is 1. The number of benzene rings is 2. The third-order valence-electron chi connectivity index (χ3n) is 4.68. The van der Waals surface area contributed by atoms with Gasteiger partial charge >= 0.3 is 0 Å². The van der Waals surface area contributed by atoms with Gasteiger partial charge in [0.1, 0.15) is 5.60 Å². The zero-order valence-electron chi connectivity index (χ0n) is 17.3. The van der Waals surface area contributed by atoms with Crippen molar-refractivity contribution in [1.29, 1.82) is 0 Å². The number of fused-ring (bicyclic) bond motifs is 1. The Morgan fingerprint density at radius 3 is 2.66 bits per heavy atom. The largest absolute Gasteiger partial charge is 0.483 e. The molecule has 0 radical (unpaired) electrons. The lowest BCUT2D eigenvalue weighted by atomic mass is 10.0. The minimum Gasteiger partial charge on any atom is -0.483 e. The van der Waals surface area contributed by atoms with Gasteiger partial charge in [-0.25, -0.2) is 12.7 Å². The first-order valence-corrected chi connectivity index (χ1v) is 10.7. The molecule has 0 fully saturated rings. The summed E-state index contributed by atoms with van der Waals surface area (Å²) in [5.41, 5.74) is 1.92. The molecule has 1 amide bonds. The van der Waals surface area contributed by atoms with Crippen LogP contribution in [-0.4, -0.2) is 44.9 Å². The van der Waals surface area contributed by atoms with Gasteiger partial charge in [-0.05, 0) is 44.5 Å². The molecule has 0 saturated heterocycles. The number of sulfonamides is 1. The lowest BCUT2D eigenvalue weighted by molar-refractivity contribution is -0.118. The van der Waals surface area contributed by atoms with E-state index in [1.54, 1.807) is 19.1 Å². The summed E-state index contributed by atoms with van der Waals surface area (Å²) in [7, 11) is -0.668. The highest BCUT2D eigenvalue weighted by Crippen LogP contribution is 2.41. The first-order valence-electron chi connectivity index (χ1n) is 9.26. The van der Waals surface area contributed by atoms with E-state index in [0.29, 0.717) is 17.2 Å². The van der Waals surface area contributed by atoms with Gasteiger partial charge in [0.15, 0.2) is 18.1 Å². The van der Waals surface area contributed by atoms with Gasteiger partial charge in [-0.3, -0.25) is 4.79 Å². The lowest BCUT2D eigenvalue weighted by Crippen LogP contribution is -2.25. The van der Waals surface area contributed by atoms with Crippen molar-refractivity contribution < 1.29 is 22.7 Å². The molecule has 3 rings (SSSR count). The van der Waals surface area contributed by atoms with Gasteiger partial charge in [-0.2, -0.15) is 0 Å².